The van der Waals surface area contributed by atoms with Gasteiger partial charge in [0.2, 0.25) is 0 Å². The molecule has 0 aromatic carbocycles. The van der Waals surface area contributed by atoms with Crippen LogP contribution in [0.2, 0.25) is 0 Å². The van der Waals surface area contributed by atoms with E-state index in [4.69, 9.17) is 4.74 Å². The fourth-order valence-corrected chi connectivity index (χ4v) is 1.02. The zero-order chi connectivity index (χ0) is 8.10. The molecule has 1 saturated heterocycles. The minimum absolute atomic E-state index is 0.199. The Bertz CT molecular complexity index is 132. The van der Waals surface area contributed by atoms with Crippen LogP contribution in [0.1, 0.15) is 6.42 Å². The van der Waals surface area contributed by atoms with Crippen LogP contribution in [0.15, 0.2) is 0 Å². The van der Waals surface area contributed by atoms with Crippen LogP contribution in [-0.2, 0) is 14.3 Å². The van der Waals surface area contributed by atoms with E-state index in [-0.39, 0.29) is 5.97 Å². The van der Waals surface area contributed by atoms with Crippen LogP contribution in [0.5, 0.6) is 0 Å². The first-order valence-electron chi connectivity index (χ1n) is 3.70. The van der Waals surface area contributed by atoms with Gasteiger partial charge in [-0.15, -0.1) is 0 Å². The molecule has 0 saturated carbocycles. The van der Waals surface area contributed by atoms with Crippen LogP contribution >= 0.6 is 0 Å². The maximum atomic E-state index is 10.8. The third kappa shape index (κ3) is 2.86. The van der Waals surface area contributed by atoms with E-state index in [1.807, 2.05) is 4.90 Å². The Labute approximate surface area is 66.1 Å². The van der Waals surface area contributed by atoms with Gasteiger partial charge in [-0.3, -0.25) is 9.69 Å². The standard InChI is InChI=1S/C7H13NO3/c1-10-7(9)5-8-3-2-4-11-6-8/h2-6H2,1H3. The summed E-state index contributed by atoms with van der Waals surface area (Å²) in [5.41, 5.74) is 0. The van der Waals surface area contributed by atoms with Gasteiger partial charge in [-0.25, -0.2) is 0 Å². The topological polar surface area (TPSA) is 38.8 Å². The van der Waals surface area contributed by atoms with Crippen molar-refractivity contribution in [2.75, 3.05) is 33.5 Å². The molecule has 0 unspecified atom stereocenters. The van der Waals surface area contributed by atoms with Crippen LogP contribution in [0.3, 0.4) is 0 Å². The first-order valence-corrected chi connectivity index (χ1v) is 3.70. The molecule has 1 aliphatic heterocycles. The highest BCUT2D eigenvalue weighted by molar-refractivity contribution is 5.71. The number of carbonyl (C=O) groups excluding carboxylic acids is 1. The molecule has 1 heterocycles. The minimum Gasteiger partial charge on any atom is -0.468 e. The van der Waals surface area contributed by atoms with Crippen LogP contribution in [0.25, 0.3) is 0 Å². The van der Waals surface area contributed by atoms with Gasteiger partial charge >= 0.3 is 5.97 Å². The zero-order valence-electron chi connectivity index (χ0n) is 6.71. The maximum absolute atomic E-state index is 10.8. The van der Waals surface area contributed by atoms with E-state index in [1.54, 1.807) is 0 Å². The average molecular weight is 159 g/mol. The second-order valence-corrected chi connectivity index (χ2v) is 2.52. The third-order valence-corrected chi connectivity index (χ3v) is 1.62. The number of hydrogen-bond donors (Lipinski definition) is 0. The zero-order valence-corrected chi connectivity index (χ0v) is 6.71. The summed E-state index contributed by atoms with van der Waals surface area (Å²) in [5.74, 6) is -0.199. The molecule has 0 aliphatic carbocycles. The number of rotatable bonds is 2. The number of ether oxygens (including phenoxy) is 2. The van der Waals surface area contributed by atoms with Crippen molar-refractivity contribution in [1.82, 2.24) is 4.90 Å². The highest BCUT2D eigenvalue weighted by Crippen LogP contribution is 2.00. The molecule has 0 bridgehead atoms. The van der Waals surface area contributed by atoms with E-state index in [0.29, 0.717) is 13.3 Å². The fourth-order valence-electron chi connectivity index (χ4n) is 1.02. The Morgan fingerprint density at radius 3 is 3.09 bits per heavy atom. The molecule has 4 nitrogen and oxygen atoms in total. The Kier molecular flexibility index (Phi) is 3.32. The second kappa shape index (κ2) is 4.31. The molecule has 0 radical (unpaired) electrons. The van der Waals surface area contributed by atoms with Gasteiger partial charge in [-0.1, -0.05) is 0 Å². The van der Waals surface area contributed by atoms with Gasteiger partial charge in [0.15, 0.2) is 0 Å². The van der Waals surface area contributed by atoms with Gasteiger partial charge in [0.25, 0.3) is 0 Å². The van der Waals surface area contributed by atoms with Crippen molar-refractivity contribution in [3.05, 3.63) is 0 Å². The summed E-state index contributed by atoms with van der Waals surface area (Å²) in [6, 6.07) is 0. The lowest BCUT2D eigenvalue weighted by molar-refractivity contribution is -0.144. The van der Waals surface area contributed by atoms with E-state index < -0.39 is 0 Å². The summed E-state index contributed by atoms with van der Waals surface area (Å²) in [4.78, 5) is 12.7. The number of esters is 1. The Morgan fingerprint density at radius 2 is 2.55 bits per heavy atom. The Balaban J connectivity index is 2.19. The summed E-state index contributed by atoms with van der Waals surface area (Å²) in [6.45, 7) is 2.62. The van der Waals surface area contributed by atoms with Gasteiger partial charge in [0, 0.05) is 13.2 Å². The van der Waals surface area contributed by atoms with Crippen molar-refractivity contribution in [1.29, 1.82) is 0 Å². The first-order chi connectivity index (χ1) is 5.33. The Morgan fingerprint density at radius 1 is 1.73 bits per heavy atom. The summed E-state index contributed by atoms with van der Waals surface area (Å²) < 4.78 is 9.66. The normalized spacial score (nSPS) is 19.7. The summed E-state index contributed by atoms with van der Waals surface area (Å²) in [6.07, 6.45) is 0.997. The molecular weight excluding hydrogens is 146 g/mol. The van der Waals surface area contributed by atoms with Crippen molar-refractivity contribution in [3.8, 4) is 0 Å². The molecule has 1 fully saturated rings. The van der Waals surface area contributed by atoms with Crippen molar-refractivity contribution in [2.24, 2.45) is 0 Å². The smallest absolute Gasteiger partial charge is 0.319 e. The molecule has 4 heteroatoms. The van der Waals surface area contributed by atoms with Gasteiger partial charge in [-0.05, 0) is 6.42 Å². The average Bonchev–Trinajstić information content (AvgIpc) is 2.06. The minimum atomic E-state index is -0.199. The molecular formula is C7H13NO3. The lowest BCUT2D eigenvalue weighted by Crippen LogP contribution is -2.37. The predicted octanol–water partition coefficient (Wildman–Crippen LogP) is -0.161. The van der Waals surface area contributed by atoms with Crippen LogP contribution in [0.4, 0.5) is 0 Å². The number of methoxy groups -OCH3 is 1. The van der Waals surface area contributed by atoms with Gasteiger partial charge < -0.3 is 9.47 Å². The van der Waals surface area contributed by atoms with Crippen LogP contribution < -0.4 is 0 Å². The molecule has 0 amide bonds. The lowest BCUT2D eigenvalue weighted by atomic mass is 10.4. The molecule has 0 atom stereocenters. The van der Waals surface area contributed by atoms with Gasteiger partial charge in [0.1, 0.15) is 0 Å². The van der Waals surface area contributed by atoms with Gasteiger partial charge in [-0.2, -0.15) is 0 Å². The van der Waals surface area contributed by atoms with Crippen molar-refractivity contribution >= 4 is 5.97 Å². The molecule has 64 valence electrons. The molecule has 0 spiro atoms. The summed E-state index contributed by atoms with van der Waals surface area (Å²) in [7, 11) is 1.40. The number of nitrogens with zero attached hydrogens (tertiary/aromatic N) is 1. The van der Waals surface area contributed by atoms with E-state index in [1.165, 1.54) is 7.11 Å². The largest absolute Gasteiger partial charge is 0.468 e. The second-order valence-electron chi connectivity index (χ2n) is 2.52. The highest BCUT2D eigenvalue weighted by atomic mass is 16.5. The summed E-state index contributed by atoms with van der Waals surface area (Å²) >= 11 is 0. The first kappa shape index (κ1) is 8.49. The monoisotopic (exact) mass is 159 g/mol. The fraction of sp³-hybridized carbons (Fsp3) is 0.857. The van der Waals surface area contributed by atoms with E-state index in [0.717, 1.165) is 19.6 Å². The predicted molar refractivity (Wildman–Crippen MR) is 39.0 cm³/mol. The van der Waals surface area contributed by atoms with Gasteiger partial charge in [0.05, 0.1) is 20.4 Å². The van der Waals surface area contributed by atoms with Crippen LogP contribution in [0, 0.1) is 0 Å². The Hall–Kier alpha value is -0.610. The van der Waals surface area contributed by atoms with Crippen LogP contribution in [-0.4, -0.2) is 44.4 Å². The third-order valence-electron chi connectivity index (χ3n) is 1.62. The highest BCUT2D eigenvalue weighted by Gasteiger charge is 2.13. The van der Waals surface area contributed by atoms with Crippen molar-refractivity contribution < 1.29 is 14.3 Å². The maximum Gasteiger partial charge on any atom is 0.319 e. The molecule has 0 aromatic heterocycles. The summed E-state index contributed by atoms with van der Waals surface area (Å²) in [5, 5.41) is 0. The van der Waals surface area contributed by atoms with E-state index in [2.05, 4.69) is 4.74 Å². The SMILES string of the molecule is COC(=O)CN1CCCOC1. The van der Waals surface area contributed by atoms with Crippen molar-refractivity contribution in [2.45, 2.75) is 6.42 Å². The molecule has 11 heavy (non-hydrogen) atoms. The van der Waals surface area contributed by atoms with E-state index >= 15 is 0 Å². The lowest BCUT2D eigenvalue weighted by Gasteiger charge is -2.24. The molecule has 0 aromatic rings. The number of carbonyl (C=O) groups is 1. The molecule has 1 aliphatic rings. The molecule has 1 rings (SSSR count). The van der Waals surface area contributed by atoms with E-state index in [9.17, 15) is 4.79 Å². The number of hydrogen-bond acceptors (Lipinski definition) is 4. The van der Waals surface area contributed by atoms with Crippen molar-refractivity contribution in [3.63, 3.8) is 0 Å². The quantitative estimate of drug-likeness (QED) is 0.525. The molecule has 0 N–H and O–H groups in total.